The first-order valence-corrected chi connectivity index (χ1v) is 7.42. The van der Waals surface area contributed by atoms with Gasteiger partial charge in [-0.05, 0) is 19.5 Å². The average molecular weight is 280 g/mol. The highest BCUT2D eigenvalue weighted by Crippen LogP contribution is 2.14. The van der Waals surface area contributed by atoms with Gasteiger partial charge in [-0.3, -0.25) is 0 Å². The predicted octanol–water partition coefficient (Wildman–Crippen LogP) is 2.91. The van der Waals surface area contributed by atoms with E-state index in [4.69, 9.17) is 9.15 Å². The van der Waals surface area contributed by atoms with Gasteiger partial charge in [0.25, 0.3) is 0 Å². The molecule has 0 spiro atoms. The number of rotatable bonds is 8. The summed E-state index contributed by atoms with van der Waals surface area (Å²) in [6.45, 7) is 7.15. The zero-order valence-corrected chi connectivity index (χ0v) is 12.3. The molecule has 0 aromatic carbocycles. The molecule has 0 radical (unpaired) electrons. The van der Waals surface area contributed by atoms with Crippen LogP contribution in [0.15, 0.2) is 22.3 Å². The lowest BCUT2D eigenvalue weighted by molar-refractivity contribution is 0.108. The van der Waals surface area contributed by atoms with Crippen molar-refractivity contribution in [1.29, 1.82) is 0 Å². The molecule has 2 heterocycles. The largest absolute Gasteiger partial charge is 0.467 e. The Morgan fingerprint density at radius 3 is 3.11 bits per heavy atom. The van der Waals surface area contributed by atoms with E-state index in [-0.39, 0.29) is 0 Å². The van der Waals surface area contributed by atoms with Crippen molar-refractivity contribution in [3.63, 3.8) is 0 Å². The molecule has 1 N–H and O–H groups in total. The highest BCUT2D eigenvalue weighted by atomic mass is 32.1. The summed E-state index contributed by atoms with van der Waals surface area (Å²) in [5, 5.41) is 3.29. The number of nitrogens with one attached hydrogen (secondary N) is 1. The standard InChI is InChI=1S/C14H20N2O2S/c1-3-15-8-12-4-7-18-13(12)9-17-6-5-14-11(2)16-10-19-14/h4,7,10,15H,3,5-6,8-9H2,1-2H3. The van der Waals surface area contributed by atoms with Gasteiger partial charge in [-0.1, -0.05) is 6.92 Å². The third-order valence-electron chi connectivity index (χ3n) is 2.95. The number of nitrogens with zero attached hydrogens (tertiary/aromatic N) is 1. The molecule has 2 aromatic heterocycles. The number of aromatic nitrogens is 1. The van der Waals surface area contributed by atoms with Gasteiger partial charge >= 0.3 is 0 Å². The van der Waals surface area contributed by atoms with Crippen molar-refractivity contribution in [2.75, 3.05) is 13.2 Å². The minimum atomic E-state index is 0.533. The zero-order chi connectivity index (χ0) is 13.5. The van der Waals surface area contributed by atoms with Gasteiger partial charge in [0.15, 0.2) is 0 Å². The van der Waals surface area contributed by atoms with Crippen molar-refractivity contribution in [1.82, 2.24) is 10.3 Å². The number of hydrogen-bond acceptors (Lipinski definition) is 5. The van der Waals surface area contributed by atoms with Crippen LogP contribution in [0.3, 0.4) is 0 Å². The number of furan rings is 1. The average Bonchev–Trinajstić information content (AvgIpc) is 3.01. The SMILES string of the molecule is CCNCc1ccoc1COCCc1scnc1C. The van der Waals surface area contributed by atoms with Crippen molar-refractivity contribution in [2.24, 2.45) is 0 Å². The highest BCUT2D eigenvalue weighted by molar-refractivity contribution is 7.09. The van der Waals surface area contributed by atoms with E-state index in [0.717, 1.165) is 31.0 Å². The summed E-state index contributed by atoms with van der Waals surface area (Å²) in [4.78, 5) is 5.53. The van der Waals surface area contributed by atoms with Crippen molar-refractivity contribution in [3.8, 4) is 0 Å². The fourth-order valence-corrected chi connectivity index (χ4v) is 2.57. The molecule has 2 aromatic rings. The smallest absolute Gasteiger partial charge is 0.133 e. The van der Waals surface area contributed by atoms with Crippen LogP contribution in [-0.2, 0) is 24.3 Å². The molecule has 0 unspecified atom stereocenters. The maximum absolute atomic E-state index is 5.68. The van der Waals surface area contributed by atoms with E-state index >= 15 is 0 Å². The van der Waals surface area contributed by atoms with Gasteiger partial charge in [-0.15, -0.1) is 11.3 Å². The summed E-state index contributed by atoms with van der Waals surface area (Å²) in [5.74, 6) is 0.918. The Bertz CT molecular complexity index is 493. The van der Waals surface area contributed by atoms with E-state index in [9.17, 15) is 0 Å². The molecule has 0 aliphatic carbocycles. The van der Waals surface area contributed by atoms with Crippen molar-refractivity contribution >= 4 is 11.3 Å². The second-order valence-electron chi connectivity index (χ2n) is 4.31. The van der Waals surface area contributed by atoms with Gasteiger partial charge in [0.1, 0.15) is 12.4 Å². The van der Waals surface area contributed by atoms with Crippen LogP contribution < -0.4 is 5.32 Å². The Hall–Kier alpha value is -1.17. The minimum Gasteiger partial charge on any atom is -0.467 e. The van der Waals surface area contributed by atoms with Crippen LogP contribution in [0.4, 0.5) is 0 Å². The molecular formula is C14H20N2O2S. The second-order valence-corrected chi connectivity index (χ2v) is 5.25. The fourth-order valence-electron chi connectivity index (χ4n) is 1.81. The van der Waals surface area contributed by atoms with E-state index in [2.05, 4.69) is 17.2 Å². The third-order valence-corrected chi connectivity index (χ3v) is 3.95. The minimum absolute atomic E-state index is 0.533. The first-order chi connectivity index (χ1) is 9.31. The molecule has 0 bridgehead atoms. The molecule has 19 heavy (non-hydrogen) atoms. The topological polar surface area (TPSA) is 47.3 Å². The molecule has 4 nitrogen and oxygen atoms in total. The quantitative estimate of drug-likeness (QED) is 0.755. The predicted molar refractivity (Wildman–Crippen MR) is 76.3 cm³/mol. The zero-order valence-electron chi connectivity index (χ0n) is 11.4. The van der Waals surface area contributed by atoms with Gasteiger partial charge in [0, 0.05) is 23.4 Å². The molecule has 0 saturated carbocycles. The molecule has 0 saturated heterocycles. The van der Waals surface area contributed by atoms with E-state index in [1.807, 2.05) is 18.5 Å². The van der Waals surface area contributed by atoms with Gasteiger partial charge in [-0.25, -0.2) is 4.98 Å². The molecule has 5 heteroatoms. The third kappa shape index (κ3) is 4.16. The van der Waals surface area contributed by atoms with Crippen LogP contribution in [0, 0.1) is 6.92 Å². The van der Waals surface area contributed by atoms with Crippen LogP contribution in [0.2, 0.25) is 0 Å². The Morgan fingerprint density at radius 2 is 2.37 bits per heavy atom. The van der Waals surface area contributed by atoms with Crippen LogP contribution in [0.5, 0.6) is 0 Å². The van der Waals surface area contributed by atoms with Crippen LogP contribution in [-0.4, -0.2) is 18.1 Å². The molecular weight excluding hydrogens is 260 g/mol. The Balaban J connectivity index is 1.73. The summed E-state index contributed by atoms with van der Waals surface area (Å²) in [6, 6.07) is 1.99. The number of ether oxygens (including phenoxy) is 1. The Labute approximate surface area is 117 Å². The van der Waals surface area contributed by atoms with Gasteiger partial charge in [0.05, 0.1) is 24.1 Å². The van der Waals surface area contributed by atoms with Crippen LogP contribution in [0.25, 0.3) is 0 Å². The van der Waals surface area contributed by atoms with Gasteiger partial charge < -0.3 is 14.5 Å². The lowest BCUT2D eigenvalue weighted by atomic mass is 10.2. The van der Waals surface area contributed by atoms with E-state index in [1.165, 1.54) is 10.4 Å². The normalized spacial score (nSPS) is 11.1. The molecule has 0 aliphatic rings. The van der Waals surface area contributed by atoms with Crippen molar-refractivity contribution < 1.29 is 9.15 Å². The second kappa shape index (κ2) is 7.43. The Morgan fingerprint density at radius 1 is 1.47 bits per heavy atom. The summed E-state index contributed by atoms with van der Waals surface area (Å²) in [7, 11) is 0. The number of thiazole rings is 1. The summed E-state index contributed by atoms with van der Waals surface area (Å²) in [6.07, 6.45) is 2.64. The monoisotopic (exact) mass is 280 g/mol. The van der Waals surface area contributed by atoms with Crippen LogP contribution in [0.1, 0.15) is 28.8 Å². The maximum atomic E-state index is 5.68. The van der Waals surface area contributed by atoms with Crippen molar-refractivity contribution in [2.45, 2.75) is 33.4 Å². The maximum Gasteiger partial charge on any atom is 0.133 e. The van der Waals surface area contributed by atoms with Crippen LogP contribution >= 0.6 is 11.3 Å². The highest BCUT2D eigenvalue weighted by Gasteiger charge is 2.06. The molecule has 2 rings (SSSR count). The van der Waals surface area contributed by atoms with Gasteiger partial charge in [0.2, 0.25) is 0 Å². The van der Waals surface area contributed by atoms with E-state index in [0.29, 0.717) is 13.2 Å². The summed E-state index contributed by atoms with van der Waals surface area (Å²) in [5.41, 5.74) is 4.17. The Kier molecular flexibility index (Phi) is 5.57. The first-order valence-electron chi connectivity index (χ1n) is 6.54. The lowest BCUT2D eigenvalue weighted by Gasteiger charge is -2.05. The molecule has 104 valence electrons. The fraction of sp³-hybridized carbons (Fsp3) is 0.500. The first kappa shape index (κ1) is 14.2. The van der Waals surface area contributed by atoms with E-state index < -0.39 is 0 Å². The van der Waals surface area contributed by atoms with E-state index in [1.54, 1.807) is 17.6 Å². The van der Waals surface area contributed by atoms with Crippen molar-refractivity contribution in [3.05, 3.63) is 39.7 Å². The summed E-state index contributed by atoms with van der Waals surface area (Å²) < 4.78 is 11.1. The molecule has 0 aliphatic heterocycles. The van der Waals surface area contributed by atoms with Gasteiger partial charge in [-0.2, -0.15) is 0 Å². The number of aryl methyl sites for hydroxylation is 1. The lowest BCUT2D eigenvalue weighted by Crippen LogP contribution is -2.12. The number of hydrogen-bond donors (Lipinski definition) is 1. The summed E-state index contributed by atoms with van der Waals surface area (Å²) >= 11 is 1.69. The molecule has 0 amide bonds. The molecule has 0 fully saturated rings. The molecule has 0 atom stereocenters.